The van der Waals surface area contributed by atoms with E-state index in [9.17, 15) is 13.2 Å². The Morgan fingerprint density at radius 3 is 2.56 bits per heavy atom. The predicted molar refractivity (Wildman–Crippen MR) is 105 cm³/mol. The summed E-state index contributed by atoms with van der Waals surface area (Å²) in [5.74, 6) is -0.594. The van der Waals surface area contributed by atoms with Gasteiger partial charge in [0.15, 0.2) is 16.4 Å². The summed E-state index contributed by atoms with van der Waals surface area (Å²) in [6.07, 6.45) is 0.536. The van der Waals surface area contributed by atoms with Crippen LogP contribution in [0.3, 0.4) is 0 Å². The molecule has 0 heterocycles. The zero-order valence-electron chi connectivity index (χ0n) is 14.9. The molecule has 0 atom stereocenters. The zero-order chi connectivity index (χ0) is 19.4. The predicted octanol–water partition coefficient (Wildman–Crippen LogP) is 4.15. The van der Waals surface area contributed by atoms with Crippen molar-refractivity contribution in [1.82, 2.24) is 0 Å². The van der Waals surface area contributed by atoms with Crippen molar-refractivity contribution in [3.8, 4) is 16.9 Å². The Hall–Kier alpha value is -2.86. The zero-order valence-corrected chi connectivity index (χ0v) is 15.7. The lowest BCUT2D eigenvalue weighted by Crippen LogP contribution is -2.10. The number of aliphatic carboxylic acids is 1. The summed E-state index contributed by atoms with van der Waals surface area (Å²) in [7, 11) is -3.37. The van der Waals surface area contributed by atoms with Crippen LogP contribution in [0.5, 0.6) is 5.75 Å². The van der Waals surface area contributed by atoms with Crippen LogP contribution in [0.2, 0.25) is 0 Å². The van der Waals surface area contributed by atoms with Gasteiger partial charge in [-0.15, -0.1) is 0 Å². The van der Waals surface area contributed by atoms with Gasteiger partial charge in [-0.05, 0) is 41.0 Å². The summed E-state index contributed by atoms with van der Waals surface area (Å²) >= 11 is 0. The van der Waals surface area contributed by atoms with Gasteiger partial charge in [-0.2, -0.15) is 0 Å². The molecule has 0 spiro atoms. The second-order valence-electron chi connectivity index (χ2n) is 6.19. The molecule has 0 aromatic heterocycles. The third kappa shape index (κ3) is 4.11. The number of carboxylic acids is 1. The molecule has 0 saturated heterocycles. The molecular weight excluding hydrogens is 364 g/mol. The molecule has 27 heavy (non-hydrogen) atoms. The standard InChI is InChI=1S/C21H20O5S/c1-2-12-27(24,25)17-8-5-7-16(13-17)21-18-9-4-3-6-15(18)10-11-19(21)26-14-20(22)23/h3-11,13H,2,12,14H2,1H3,(H,22,23). The smallest absolute Gasteiger partial charge is 0.341 e. The van der Waals surface area contributed by atoms with E-state index in [2.05, 4.69) is 0 Å². The number of benzene rings is 3. The second-order valence-corrected chi connectivity index (χ2v) is 8.30. The molecule has 3 aromatic carbocycles. The van der Waals surface area contributed by atoms with Gasteiger partial charge in [-0.3, -0.25) is 0 Å². The Balaban J connectivity index is 2.20. The van der Waals surface area contributed by atoms with E-state index in [-0.39, 0.29) is 10.6 Å². The van der Waals surface area contributed by atoms with Crippen molar-refractivity contribution < 1.29 is 23.1 Å². The number of fused-ring (bicyclic) bond motifs is 1. The molecule has 0 radical (unpaired) electrons. The van der Waals surface area contributed by atoms with Crippen molar-refractivity contribution in [2.75, 3.05) is 12.4 Å². The van der Waals surface area contributed by atoms with Crippen LogP contribution in [-0.4, -0.2) is 31.9 Å². The van der Waals surface area contributed by atoms with Gasteiger partial charge in [-0.1, -0.05) is 49.4 Å². The van der Waals surface area contributed by atoms with Crippen LogP contribution in [0.15, 0.2) is 65.6 Å². The minimum absolute atomic E-state index is 0.0777. The molecule has 0 bridgehead atoms. The van der Waals surface area contributed by atoms with E-state index in [1.165, 1.54) is 0 Å². The van der Waals surface area contributed by atoms with E-state index < -0.39 is 22.4 Å². The van der Waals surface area contributed by atoms with E-state index >= 15 is 0 Å². The topological polar surface area (TPSA) is 80.7 Å². The summed E-state index contributed by atoms with van der Waals surface area (Å²) in [5, 5.41) is 10.8. The van der Waals surface area contributed by atoms with Gasteiger partial charge in [0.25, 0.3) is 0 Å². The molecule has 3 aromatic rings. The minimum Gasteiger partial charge on any atom is -0.481 e. The van der Waals surface area contributed by atoms with Crippen molar-refractivity contribution >= 4 is 26.6 Å². The molecule has 3 rings (SSSR count). The average Bonchev–Trinajstić information content (AvgIpc) is 2.66. The Morgan fingerprint density at radius 1 is 1.04 bits per heavy atom. The van der Waals surface area contributed by atoms with E-state index in [1.54, 1.807) is 30.3 Å². The SMILES string of the molecule is CCCS(=O)(=O)c1cccc(-c2c(OCC(=O)O)ccc3ccccc23)c1. The summed E-state index contributed by atoms with van der Waals surface area (Å²) in [6.45, 7) is 1.35. The van der Waals surface area contributed by atoms with Crippen molar-refractivity contribution in [2.45, 2.75) is 18.2 Å². The maximum absolute atomic E-state index is 12.5. The Kier molecular flexibility index (Phi) is 5.46. The monoisotopic (exact) mass is 384 g/mol. The van der Waals surface area contributed by atoms with E-state index in [1.807, 2.05) is 37.3 Å². The van der Waals surface area contributed by atoms with Gasteiger partial charge in [-0.25, -0.2) is 13.2 Å². The lowest BCUT2D eigenvalue weighted by atomic mass is 9.97. The van der Waals surface area contributed by atoms with E-state index in [0.717, 1.165) is 10.8 Å². The molecule has 0 aliphatic rings. The largest absolute Gasteiger partial charge is 0.481 e. The highest BCUT2D eigenvalue weighted by molar-refractivity contribution is 7.91. The summed E-state index contributed by atoms with van der Waals surface area (Å²) in [5.41, 5.74) is 1.35. The first-order valence-electron chi connectivity index (χ1n) is 8.62. The van der Waals surface area contributed by atoms with Crippen LogP contribution < -0.4 is 4.74 Å². The molecule has 140 valence electrons. The Labute approximate surface area is 158 Å². The van der Waals surface area contributed by atoms with Gasteiger partial charge in [0.2, 0.25) is 0 Å². The molecule has 5 nitrogen and oxygen atoms in total. The normalized spacial score (nSPS) is 11.4. The van der Waals surface area contributed by atoms with Crippen molar-refractivity contribution in [2.24, 2.45) is 0 Å². The highest BCUT2D eigenvalue weighted by atomic mass is 32.2. The van der Waals surface area contributed by atoms with Crippen LogP contribution in [0.1, 0.15) is 13.3 Å². The number of hydrogen-bond acceptors (Lipinski definition) is 4. The average molecular weight is 384 g/mol. The lowest BCUT2D eigenvalue weighted by Gasteiger charge is -2.14. The van der Waals surface area contributed by atoms with Crippen LogP contribution in [0, 0.1) is 0 Å². The van der Waals surface area contributed by atoms with Crippen LogP contribution in [-0.2, 0) is 14.6 Å². The number of carbonyl (C=O) groups is 1. The van der Waals surface area contributed by atoms with Crippen molar-refractivity contribution in [3.63, 3.8) is 0 Å². The first kappa shape index (κ1) is 18.9. The second kappa shape index (κ2) is 7.80. The molecule has 0 fully saturated rings. The molecular formula is C21H20O5S. The van der Waals surface area contributed by atoms with Gasteiger partial charge in [0.1, 0.15) is 5.75 Å². The maximum Gasteiger partial charge on any atom is 0.341 e. The van der Waals surface area contributed by atoms with Crippen LogP contribution in [0.4, 0.5) is 0 Å². The van der Waals surface area contributed by atoms with Gasteiger partial charge in [0.05, 0.1) is 10.6 Å². The van der Waals surface area contributed by atoms with E-state index in [4.69, 9.17) is 9.84 Å². The minimum atomic E-state index is -3.37. The number of carboxylic acid groups (broad SMARTS) is 1. The summed E-state index contributed by atoms with van der Waals surface area (Å²) in [4.78, 5) is 11.2. The summed E-state index contributed by atoms with van der Waals surface area (Å²) in [6, 6.07) is 17.9. The first-order chi connectivity index (χ1) is 12.9. The quantitative estimate of drug-likeness (QED) is 0.662. The Morgan fingerprint density at radius 2 is 1.81 bits per heavy atom. The van der Waals surface area contributed by atoms with Crippen molar-refractivity contribution in [1.29, 1.82) is 0 Å². The number of rotatable bonds is 7. The molecule has 6 heteroatoms. The molecule has 0 unspecified atom stereocenters. The fourth-order valence-corrected chi connectivity index (χ4v) is 4.41. The third-order valence-corrected chi connectivity index (χ3v) is 6.11. The van der Waals surface area contributed by atoms with Gasteiger partial charge < -0.3 is 9.84 Å². The van der Waals surface area contributed by atoms with Crippen molar-refractivity contribution in [3.05, 3.63) is 60.7 Å². The van der Waals surface area contributed by atoms with Crippen LogP contribution in [0.25, 0.3) is 21.9 Å². The number of sulfone groups is 1. The third-order valence-electron chi connectivity index (χ3n) is 4.20. The van der Waals surface area contributed by atoms with Crippen LogP contribution >= 0.6 is 0 Å². The fourth-order valence-electron chi connectivity index (χ4n) is 3.04. The molecule has 0 amide bonds. The number of hydrogen-bond donors (Lipinski definition) is 1. The summed E-state index contributed by atoms with van der Waals surface area (Å²) < 4.78 is 30.4. The molecule has 0 saturated carbocycles. The number of ether oxygens (including phenoxy) is 1. The lowest BCUT2D eigenvalue weighted by molar-refractivity contribution is -0.139. The molecule has 1 N–H and O–H groups in total. The van der Waals surface area contributed by atoms with Gasteiger partial charge >= 0.3 is 5.97 Å². The van der Waals surface area contributed by atoms with E-state index in [0.29, 0.717) is 23.3 Å². The fraction of sp³-hybridized carbons (Fsp3) is 0.190. The first-order valence-corrected chi connectivity index (χ1v) is 10.3. The maximum atomic E-state index is 12.5. The Bertz CT molecular complexity index is 1090. The highest BCUT2D eigenvalue weighted by Gasteiger charge is 2.17. The highest BCUT2D eigenvalue weighted by Crippen LogP contribution is 2.38. The van der Waals surface area contributed by atoms with Gasteiger partial charge in [0, 0.05) is 5.56 Å². The molecule has 0 aliphatic carbocycles. The molecule has 0 aliphatic heterocycles.